The van der Waals surface area contributed by atoms with Gasteiger partial charge in [-0.2, -0.15) is 0 Å². The molecule has 0 aliphatic carbocycles. The molecule has 0 aromatic carbocycles. The largest absolute Gasteiger partial charge is 0.300 e. The van der Waals surface area contributed by atoms with Gasteiger partial charge in [0.2, 0.25) is 0 Å². The molecule has 0 radical (unpaired) electrons. The lowest BCUT2D eigenvalue weighted by molar-refractivity contribution is -0.124. The van der Waals surface area contributed by atoms with E-state index >= 15 is 0 Å². The van der Waals surface area contributed by atoms with E-state index in [4.69, 9.17) is 0 Å². The number of aromatic nitrogens is 1. The molecule has 1 aromatic heterocycles. The Bertz CT molecular complexity index is 333. The lowest BCUT2D eigenvalue weighted by Gasteiger charge is -2.21. The average molecular weight is 220 g/mol. The second-order valence-corrected chi connectivity index (χ2v) is 4.57. The molecule has 1 heterocycles. The van der Waals surface area contributed by atoms with Crippen LogP contribution in [0.2, 0.25) is 0 Å². The van der Waals surface area contributed by atoms with Gasteiger partial charge in [-0.3, -0.25) is 9.78 Å². The van der Waals surface area contributed by atoms with Crippen LogP contribution in [0.3, 0.4) is 0 Å². The van der Waals surface area contributed by atoms with E-state index in [1.54, 1.807) is 6.20 Å². The average Bonchev–Trinajstić information content (AvgIpc) is 2.26. The second kappa shape index (κ2) is 5.75. The molecule has 0 fully saturated rings. The summed E-state index contributed by atoms with van der Waals surface area (Å²) in [5.74, 6) is 0.200. The van der Waals surface area contributed by atoms with Crippen molar-refractivity contribution in [3.63, 3.8) is 0 Å². The molecule has 0 aliphatic rings. The summed E-state index contributed by atoms with van der Waals surface area (Å²) in [4.78, 5) is 16.3. The van der Waals surface area contributed by atoms with Gasteiger partial charge < -0.3 is 5.32 Å². The highest BCUT2D eigenvalue weighted by molar-refractivity contribution is 5.86. The number of hydrogen-bond donors (Lipinski definition) is 1. The van der Waals surface area contributed by atoms with Crippen LogP contribution < -0.4 is 5.32 Å². The standard InChI is InChI=1S/C13H20N2O/c1-9(2)13(16)12(15-10(3)4)11-7-5-6-8-14-11/h5-10,12,15H,1-4H3. The van der Waals surface area contributed by atoms with Crippen molar-refractivity contribution >= 4 is 5.78 Å². The summed E-state index contributed by atoms with van der Waals surface area (Å²) in [6.07, 6.45) is 1.72. The van der Waals surface area contributed by atoms with E-state index in [9.17, 15) is 4.79 Å². The van der Waals surface area contributed by atoms with Crippen LogP contribution >= 0.6 is 0 Å². The Labute approximate surface area is 97.3 Å². The van der Waals surface area contributed by atoms with E-state index in [0.29, 0.717) is 0 Å². The Kier molecular flexibility index (Phi) is 4.62. The minimum absolute atomic E-state index is 0.0123. The maximum absolute atomic E-state index is 12.1. The maximum Gasteiger partial charge on any atom is 0.158 e. The quantitative estimate of drug-likeness (QED) is 0.828. The maximum atomic E-state index is 12.1. The van der Waals surface area contributed by atoms with Crippen molar-refractivity contribution in [1.82, 2.24) is 10.3 Å². The topological polar surface area (TPSA) is 42.0 Å². The summed E-state index contributed by atoms with van der Waals surface area (Å²) in [7, 11) is 0. The number of ketones is 1. The summed E-state index contributed by atoms with van der Waals surface area (Å²) >= 11 is 0. The van der Waals surface area contributed by atoms with E-state index in [1.165, 1.54) is 0 Å². The molecule has 1 unspecified atom stereocenters. The van der Waals surface area contributed by atoms with E-state index < -0.39 is 0 Å². The van der Waals surface area contributed by atoms with Gasteiger partial charge in [0, 0.05) is 18.2 Å². The van der Waals surface area contributed by atoms with Crippen LogP contribution in [-0.4, -0.2) is 16.8 Å². The van der Waals surface area contributed by atoms with E-state index in [-0.39, 0.29) is 23.8 Å². The number of pyridine rings is 1. The molecule has 0 bridgehead atoms. The molecule has 1 rings (SSSR count). The summed E-state index contributed by atoms with van der Waals surface area (Å²) in [6.45, 7) is 7.90. The minimum Gasteiger partial charge on any atom is -0.300 e. The zero-order valence-corrected chi connectivity index (χ0v) is 10.4. The van der Waals surface area contributed by atoms with Gasteiger partial charge in [0.25, 0.3) is 0 Å². The fourth-order valence-corrected chi connectivity index (χ4v) is 1.53. The summed E-state index contributed by atoms with van der Waals surface area (Å²) in [6, 6.07) is 5.62. The lowest BCUT2D eigenvalue weighted by Crippen LogP contribution is -2.36. The molecule has 16 heavy (non-hydrogen) atoms. The molecule has 3 nitrogen and oxygen atoms in total. The number of nitrogens with one attached hydrogen (secondary N) is 1. The predicted octanol–water partition coefficient (Wildman–Crippen LogP) is 2.35. The normalized spacial score (nSPS) is 13.1. The van der Waals surface area contributed by atoms with Crippen molar-refractivity contribution in [2.24, 2.45) is 5.92 Å². The predicted molar refractivity (Wildman–Crippen MR) is 65.1 cm³/mol. The van der Waals surface area contributed by atoms with Gasteiger partial charge in [-0.1, -0.05) is 19.9 Å². The summed E-state index contributed by atoms with van der Waals surface area (Å²) in [5.41, 5.74) is 0.801. The van der Waals surface area contributed by atoms with Crippen molar-refractivity contribution < 1.29 is 4.79 Å². The first-order chi connectivity index (χ1) is 7.52. The molecule has 1 aromatic rings. The fraction of sp³-hybridized carbons (Fsp3) is 0.538. The summed E-state index contributed by atoms with van der Waals surface area (Å²) in [5, 5.41) is 3.27. The third-order valence-corrected chi connectivity index (χ3v) is 2.34. The monoisotopic (exact) mass is 220 g/mol. The number of rotatable bonds is 5. The molecule has 88 valence electrons. The Morgan fingerprint density at radius 2 is 1.94 bits per heavy atom. The number of nitrogens with zero attached hydrogens (tertiary/aromatic N) is 1. The van der Waals surface area contributed by atoms with Crippen LogP contribution in [0.1, 0.15) is 39.4 Å². The molecule has 3 heteroatoms. The third kappa shape index (κ3) is 3.42. The number of Topliss-reactive ketones (excluding diaryl/α,β-unsaturated/α-hetero) is 1. The van der Waals surface area contributed by atoms with Crippen molar-refractivity contribution in [1.29, 1.82) is 0 Å². The van der Waals surface area contributed by atoms with Crippen molar-refractivity contribution in [3.05, 3.63) is 30.1 Å². The summed E-state index contributed by atoms with van der Waals surface area (Å²) < 4.78 is 0. The van der Waals surface area contributed by atoms with Gasteiger partial charge in [-0.15, -0.1) is 0 Å². The second-order valence-electron chi connectivity index (χ2n) is 4.57. The van der Waals surface area contributed by atoms with Gasteiger partial charge in [-0.25, -0.2) is 0 Å². The third-order valence-electron chi connectivity index (χ3n) is 2.34. The highest BCUT2D eigenvalue weighted by Crippen LogP contribution is 2.16. The Morgan fingerprint density at radius 3 is 2.38 bits per heavy atom. The first-order valence-electron chi connectivity index (χ1n) is 5.73. The highest BCUT2D eigenvalue weighted by atomic mass is 16.1. The molecule has 1 N–H and O–H groups in total. The van der Waals surface area contributed by atoms with Crippen LogP contribution in [0, 0.1) is 5.92 Å². The Hall–Kier alpha value is -1.22. The molecule has 0 saturated carbocycles. The van der Waals surface area contributed by atoms with Gasteiger partial charge >= 0.3 is 0 Å². The van der Waals surface area contributed by atoms with Crippen LogP contribution in [0.15, 0.2) is 24.4 Å². The van der Waals surface area contributed by atoms with E-state index in [0.717, 1.165) is 5.69 Å². The van der Waals surface area contributed by atoms with Crippen molar-refractivity contribution in [3.8, 4) is 0 Å². The first-order valence-corrected chi connectivity index (χ1v) is 5.73. The Balaban J connectivity index is 2.92. The molecule has 0 amide bonds. The van der Waals surface area contributed by atoms with Gasteiger partial charge in [0.1, 0.15) is 6.04 Å². The van der Waals surface area contributed by atoms with Crippen molar-refractivity contribution in [2.45, 2.75) is 39.8 Å². The van der Waals surface area contributed by atoms with Crippen molar-refractivity contribution in [2.75, 3.05) is 0 Å². The van der Waals surface area contributed by atoms with Gasteiger partial charge in [0.05, 0.1) is 5.69 Å². The number of hydrogen-bond acceptors (Lipinski definition) is 3. The van der Waals surface area contributed by atoms with Crippen LogP contribution in [0.4, 0.5) is 0 Å². The minimum atomic E-state index is -0.291. The zero-order chi connectivity index (χ0) is 12.1. The molecular formula is C13H20N2O. The van der Waals surface area contributed by atoms with E-state index in [2.05, 4.69) is 10.3 Å². The fourth-order valence-electron chi connectivity index (χ4n) is 1.53. The molecule has 0 aliphatic heterocycles. The van der Waals surface area contributed by atoms with E-state index in [1.807, 2.05) is 45.9 Å². The number of carbonyl (C=O) groups excluding carboxylic acids is 1. The van der Waals surface area contributed by atoms with Gasteiger partial charge in [0.15, 0.2) is 5.78 Å². The lowest BCUT2D eigenvalue weighted by atomic mass is 9.98. The zero-order valence-electron chi connectivity index (χ0n) is 10.4. The van der Waals surface area contributed by atoms with Crippen LogP contribution in [0.25, 0.3) is 0 Å². The van der Waals surface area contributed by atoms with Crippen LogP contribution in [0.5, 0.6) is 0 Å². The molecule has 1 atom stereocenters. The SMILES string of the molecule is CC(C)NC(C(=O)C(C)C)c1ccccn1. The molecule has 0 saturated heterocycles. The smallest absolute Gasteiger partial charge is 0.158 e. The first kappa shape index (κ1) is 12.8. The van der Waals surface area contributed by atoms with Gasteiger partial charge in [-0.05, 0) is 26.0 Å². The molecular weight excluding hydrogens is 200 g/mol. The number of carbonyl (C=O) groups is 1. The highest BCUT2D eigenvalue weighted by Gasteiger charge is 2.24. The molecule has 0 spiro atoms. The van der Waals surface area contributed by atoms with Crippen LogP contribution in [-0.2, 0) is 4.79 Å². The Morgan fingerprint density at radius 1 is 1.25 bits per heavy atom.